The van der Waals surface area contributed by atoms with E-state index in [0.29, 0.717) is 12.1 Å². The number of hydrogen-bond acceptors (Lipinski definition) is 1. The highest BCUT2D eigenvalue weighted by atomic mass is 19.3. The van der Waals surface area contributed by atoms with E-state index >= 15 is 0 Å². The Morgan fingerprint density at radius 2 is 1.33 bits per heavy atom. The lowest BCUT2D eigenvalue weighted by molar-refractivity contribution is -0.0518. The zero-order valence-electron chi connectivity index (χ0n) is 9.45. The molecule has 6 heteroatoms. The number of hydrogen-bond donors (Lipinski definition) is 1. The van der Waals surface area contributed by atoms with Crippen LogP contribution in [0.25, 0.3) is 0 Å². The molecule has 1 aromatic rings. The molecule has 0 aliphatic heterocycles. The van der Waals surface area contributed by atoms with Crippen molar-refractivity contribution in [3.63, 3.8) is 0 Å². The monoisotopic (exact) mass is 265 g/mol. The summed E-state index contributed by atoms with van der Waals surface area (Å²) in [6.45, 7) is 0. The molecule has 0 heterocycles. The Morgan fingerprint density at radius 1 is 0.833 bits per heavy atom. The first-order chi connectivity index (χ1) is 8.23. The third kappa shape index (κ3) is 2.34. The van der Waals surface area contributed by atoms with Crippen molar-refractivity contribution in [3.8, 4) is 0 Å². The third-order valence-corrected chi connectivity index (χ3v) is 3.42. The van der Waals surface area contributed by atoms with Gasteiger partial charge in [0.2, 0.25) is 5.92 Å². The minimum Gasteiger partial charge on any atom is -0.321 e. The lowest BCUT2D eigenvalue weighted by Gasteiger charge is -2.37. The largest absolute Gasteiger partial charge is 0.321 e. The SMILES string of the molecule is NC1(c2cc(F)c(F)cc2F)CCC(F)(F)CC1. The summed E-state index contributed by atoms with van der Waals surface area (Å²) in [6, 6.07) is 1.06. The van der Waals surface area contributed by atoms with E-state index < -0.39 is 41.8 Å². The third-order valence-electron chi connectivity index (χ3n) is 3.42. The average Bonchev–Trinajstić information content (AvgIpc) is 2.28. The highest BCUT2D eigenvalue weighted by Gasteiger charge is 2.43. The summed E-state index contributed by atoms with van der Waals surface area (Å²) < 4.78 is 65.5. The molecule has 0 saturated heterocycles. The van der Waals surface area contributed by atoms with Gasteiger partial charge >= 0.3 is 0 Å². The zero-order valence-corrected chi connectivity index (χ0v) is 9.45. The Kier molecular flexibility index (Phi) is 3.09. The van der Waals surface area contributed by atoms with Crippen LogP contribution in [0.2, 0.25) is 0 Å². The normalized spacial score (nSPS) is 21.9. The number of alkyl halides is 2. The second-order valence-corrected chi connectivity index (χ2v) is 4.76. The van der Waals surface area contributed by atoms with Gasteiger partial charge in [0.15, 0.2) is 11.6 Å². The quantitative estimate of drug-likeness (QED) is 0.610. The van der Waals surface area contributed by atoms with Crippen molar-refractivity contribution in [2.75, 3.05) is 0 Å². The van der Waals surface area contributed by atoms with Gasteiger partial charge in [-0.3, -0.25) is 0 Å². The minimum atomic E-state index is -2.82. The molecule has 0 unspecified atom stereocenters. The molecule has 1 aliphatic rings. The highest BCUT2D eigenvalue weighted by molar-refractivity contribution is 5.28. The highest BCUT2D eigenvalue weighted by Crippen LogP contribution is 2.43. The molecule has 1 aromatic carbocycles. The van der Waals surface area contributed by atoms with E-state index in [1.165, 1.54) is 0 Å². The van der Waals surface area contributed by atoms with Gasteiger partial charge in [0, 0.05) is 30.0 Å². The van der Waals surface area contributed by atoms with E-state index in [2.05, 4.69) is 0 Å². The van der Waals surface area contributed by atoms with E-state index in [1.54, 1.807) is 0 Å². The van der Waals surface area contributed by atoms with Gasteiger partial charge in [-0.2, -0.15) is 0 Å². The van der Waals surface area contributed by atoms with Crippen molar-refractivity contribution in [1.82, 2.24) is 0 Å². The molecule has 1 aliphatic carbocycles. The molecule has 0 spiro atoms. The maximum atomic E-state index is 13.6. The lowest BCUT2D eigenvalue weighted by atomic mass is 9.76. The Labute approximate surface area is 101 Å². The molecular weight excluding hydrogens is 253 g/mol. The zero-order chi connectivity index (χ0) is 13.6. The fourth-order valence-electron chi connectivity index (χ4n) is 2.24. The lowest BCUT2D eigenvalue weighted by Crippen LogP contribution is -2.44. The van der Waals surface area contributed by atoms with Crippen molar-refractivity contribution in [2.45, 2.75) is 37.1 Å². The summed E-state index contributed by atoms with van der Waals surface area (Å²) >= 11 is 0. The number of halogens is 5. The van der Waals surface area contributed by atoms with Gasteiger partial charge in [-0.15, -0.1) is 0 Å². The van der Waals surface area contributed by atoms with E-state index in [0.717, 1.165) is 0 Å². The summed E-state index contributed by atoms with van der Waals surface area (Å²) in [6.07, 6.45) is -1.30. The number of benzene rings is 1. The second kappa shape index (κ2) is 4.19. The topological polar surface area (TPSA) is 26.0 Å². The predicted octanol–water partition coefficient (Wildman–Crippen LogP) is 3.47. The van der Waals surface area contributed by atoms with E-state index in [1.807, 2.05) is 0 Å². The van der Waals surface area contributed by atoms with Gasteiger partial charge in [-0.25, -0.2) is 22.0 Å². The molecule has 2 rings (SSSR count). The molecule has 1 saturated carbocycles. The van der Waals surface area contributed by atoms with Crippen LogP contribution in [0.5, 0.6) is 0 Å². The fourth-order valence-corrected chi connectivity index (χ4v) is 2.24. The van der Waals surface area contributed by atoms with Gasteiger partial charge < -0.3 is 5.73 Å². The molecule has 18 heavy (non-hydrogen) atoms. The van der Waals surface area contributed by atoms with Crippen molar-refractivity contribution < 1.29 is 22.0 Å². The van der Waals surface area contributed by atoms with Crippen molar-refractivity contribution >= 4 is 0 Å². The first-order valence-corrected chi connectivity index (χ1v) is 5.55. The van der Waals surface area contributed by atoms with Crippen LogP contribution >= 0.6 is 0 Å². The van der Waals surface area contributed by atoms with Gasteiger partial charge in [0.1, 0.15) is 5.82 Å². The predicted molar refractivity (Wildman–Crippen MR) is 55.6 cm³/mol. The van der Waals surface area contributed by atoms with Crippen molar-refractivity contribution in [3.05, 3.63) is 35.1 Å². The van der Waals surface area contributed by atoms with Gasteiger partial charge in [0.25, 0.3) is 0 Å². The molecular formula is C12H12F5N. The molecule has 0 radical (unpaired) electrons. The summed E-state index contributed by atoms with van der Waals surface area (Å²) in [7, 11) is 0. The van der Waals surface area contributed by atoms with Gasteiger partial charge in [-0.05, 0) is 18.9 Å². The van der Waals surface area contributed by atoms with Crippen LogP contribution in [0, 0.1) is 17.5 Å². The van der Waals surface area contributed by atoms with E-state index in [4.69, 9.17) is 5.73 Å². The summed E-state index contributed by atoms with van der Waals surface area (Å²) in [5.74, 6) is -6.37. The van der Waals surface area contributed by atoms with Gasteiger partial charge in [-0.1, -0.05) is 0 Å². The minimum absolute atomic E-state index is 0.165. The molecule has 1 fully saturated rings. The Morgan fingerprint density at radius 3 is 1.89 bits per heavy atom. The molecule has 0 amide bonds. The van der Waals surface area contributed by atoms with Crippen LogP contribution in [-0.2, 0) is 5.54 Å². The van der Waals surface area contributed by atoms with Crippen LogP contribution in [0.1, 0.15) is 31.2 Å². The van der Waals surface area contributed by atoms with Crippen molar-refractivity contribution in [2.24, 2.45) is 5.73 Å². The van der Waals surface area contributed by atoms with Crippen molar-refractivity contribution in [1.29, 1.82) is 0 Å². The molecule has 0 atom stereocenters. The van der Waals surface area contributed by atoms with Crippen LogP contribution < -0.4 is 5.73 Å². The van der Waals surface area contributed by atoms with Crippen LogP contribution in [0.4, 0.5) is 22.0 Å². The first kappa shape index (κ1) is 13.3. The fraction of sp³-hybridized carbons (Fsp3) is 0.500. The van der Waals surface area contributed by atoms with Gasteiger partial charge in [0.05, 0.1) is 0 Å². The first-order valence-electron chi connectivity index (χ1n) is 5.55. The van der Waals surface area contributed by atoms with E-state index in [-0.39, 0.29) is 18.4 Å². The standard InChI is InChI=1S/C12H12F5N/c13-8-6-10(15)9(14)5-7(8)11(18)1-3-12(16,17)4-2-11/h5-6H,1-4,18H2. The average molecular weight is 265 g/mol. The van der Waals surface area contributed by atoms with Crippen LogP contribution in [-0.4, -0.2) is 5.92 Å². The van der Waals surface area contributed by atoms with Crippen LogP contribution in [0.15, 0.2) is 12.1 Å². The molecule has 0 bridgehead atoms. The Balaban J connectivity index is 2.34. The maximum Gasteiger partial charge on any atom is 0.248 e. The summed E-state index contributed by atoms with van der Waals surface area (Å²) in [5, 5.41) is 0. The smallest absolute Gasteiger partial charge is 0.248 e. The molecule has 2 N–H and O–H groups in total. The van der Waals surface area contributed by atoms with E-state index in [9.17, 15) is 22.0 Å². The summed E-state index contributed by atoms with van der Waals surface area (Å²) in [5.41, 5.74) is 4.26. The number of rotatable bonds is 1. The molecule has 100 valence electrons. The Hall–Kier alpha value is -1.17. The summed E-state index contributed by atoms with van der Waals surface area (Å²) in [4.78, 5) is 0. The second-order valence-electron chi connectivity index (χ2n) is 4.76. The number of nitrogens with two attached hydrogens (primary N) is 1. The molecule has 1 nitrogen and oxygen atoms in total. The van der Waals surface area contributed by atoms with Crippen LogP contribution in [0.3, 0.4) is 0 Å². The Bertz CT molecular complexity index is 462. The molecule has 0 aromatic heterocycles. The maximum absolute atomic E-state index is 13.6.